The molecule has 0 radical (unpaired) electrons. The molecule has 0 bridgehead atoms. The summed E-state index contributed by atoms with van der Waals surface area (Å²) in [5.74, 6) is -2.19. The van der Waals surface area contributed by atoms with Crippen molar-refractivity contribution >= 4 is 18.0 Å². The van der Waals surface area contributed by atoms with Gasteiger partial charge in [-0.25, -0.2) is 4.79 Å². The Hall–Kier alpha value is -3.30. The number of ether oxygens (including phenoxy) is 1. The van der Waals surface area contributed by atoms with E-state index >= 15 is 0 Å². The summed E-state index contributed by atoms with van der Waals surface area (Å²) in [6.07, 6.45) is -7.15. The molecule has 2 rings (SSSR count). The average molecular weight is 445 g/mol. The molecule has 2 aromatic carbocycles. The summed E-state index contributed by atoms with van der Waals surface area (Å²) >= 11 is 0. The minimum absolute atomic E-state index is 0.0861. The minimum atomic E-state index is -5.10. The molecule has 0 heterocycles. The summed E-state index contributed by atoms with van der Waals surface area (Å²) in [6.45, 7) is 0. The van der Waals surface area contributed by atoms with Gasteiger partial charge in [0.05, 0.1) is 18.2 Å². The fourth-order valence-electron chi connectivity index (χ4n) is 2.59. The lowest BCUT2D eigenvalue weighted by Gasteiger charge is -2.17. The van der Waals surface area contributed by atoms with Crippen LogP contribution >= 0.6 is 0 Å². The van der Waals surface area contributed by atoms with Crippen LogP contribution in [0.4, 0.5) is 26.3 Å². The lowest BCUT2D eigenvalue weighted by atomic mass is 10.0. The van der Waals surface area contributed by atoms with Gasteiger partial charge in [-0.2, -0.15) is 26.3 Å². The van der Waals surface area contributed by atoms with Crippen LogP contribution in [-0.2, 0) is 21.9 Å². The number of alkyl halides is 6. The fourth-order valence-corrected chi connectivity index (χ4v) is 2.59. The van der Waals surface area contributed by atoms with Crippen molar-refractivity contribution in [1.29, 1.82) is 0 Å². The number of benzene rings is 2. The monoisotopic (exact) mass is 445 g/mol. The number of carbonyl (C=O) groups excluding carboxylic acids is 2. The number of hydrogen-bond donors (Lipinski definition) is 1. The van der Waals surface area contributed by atoms with Crippen LogP contribution in [0.1, 0.15) is 33.5 Å². The zero-order chi connectivity index (χ0) is 23.2. The number of halogens is 6. The standard InChI is InChI=1S/C21H17F6NO3/c1-31-19(30)17(9-5-8-13-6-3-2-4-7-13)28-18(29)14-10-15(20(22,23)24)12-16(11-14)21(25,26)27/h2-8,10-12,17H,9H2,1H3,(H,28,29)/b8-5+/t17-/m1/s1. The maximum atomic E-state index is 13.0. The molecule has 4 nitrogen and oxygen atoms in total. The predicted octanol–water partition coefficient (Wildman–Crippen LogP) is 5.10. The number of methoxy groups -OCH3 is 1. The Morgan fingerprint density at radius 1 is 0.968 bits per heavy atom. The van der Waals surface area contributed by atoms with Crippen molar-refractivity contribution in [2.45, 2.75) is 24.8 Å². The Kier molecular flexibility index (Phi) is 7.48. The summed E-state index contributed by atoms with van der Waals surface area (Å²) in [5, 5.41) is 2.13. The Balaban J connectivity index is 2.28. The van der Waals surface area contributed by atoms with E-state index in [1.807, 2.05) is 0 Å². The van der Waals surface area contributed by atoms with E-state index in [2.05, 4.69) is 10.1 Å². The van der Waals surface area contributed by atoms with Crippen molar-refractivity contribution in [3.8, 4) is 0 Å². The summed E-state index contributed by atoms with van der Waals surface area (Å²) in [7, 11) is 1.04. The molecule has 1 N–H and O–H groups in total. The molecule has 1 atom stereocenters. The third kappa shape index (κ3) is 6.87. The van der Waals surface area contributed by atoms with E-state index in [0.717, 1.165) is 12.7 Å². The highest BCUT2D eigenvalue weighted by Crippen LogP contribution is 2.36. The molecule has 0 aliphatic heterocycles. The van der Waals surface area contributed by atoms with Gasteiger partial charge in [0.25, 0.3) is 5.91 Å². The van der Waals surface area contributed by atoms with Crippen LogP contribution in [0.25, 0.3) is 6.08 Å². The third-order valence-electron chi connectivity index (χ3n) is 4.12. The Morgan fingerprint density at radius 2 is 1.52 bits per heavy atom. The number of nitrogens with one attached hydrogen (secondary N) is 1. The lowest BCUT2D eigenvalue weighted by molar-refractivity contribution is -0.144. The number of amides is 1. The van der Waals surface area contributed by atoms with Crippen LogP contribution in [0.2, 0.25) is 0 Å². The first-order valence-electron chi connectivity index (χ1n) is 8.81. The van der Waals surface area contributed by atoms with Crippen molar-refractivity contribution in [3.63, 3.8) is 0 Å². The molecule has 0 fully saturated rings. The zero-order valence-corrected chi connectivity index (χ0v) is 16.1. The molecule has 0 aliphatic rings. The summed E-state index contributed by atoms with van der Waals surface area (Å²) < 4.78 is 82.5. The highest BCUT2D eigenvalue weighted by Gasteiger charge is 2.37. The van der Waals surface area contributed by atoms with Gasteiger partial charge in [0, 0.05) is 5.56 Å². The van der Waals surface area contributed by atoms with Gasteiger partial charge in [0.15, 0.2) is 0 Å². The smallest absolute Gasteiger partial charge is 0.416 e. The average Bonchev–Trinajstić information content (AvgIpc) is 2.71. The molecule has 31 heavy (non-hydrogen) atoms. The molecule has 10 heteroatoms. The van der Waals surface area contributed by atoms with Gasteiger partial charge in [0.2, 0.25) is 0 Å². The van der Waals surface area contributed by atoms with Crippen molar-refractivity contribution in [3.05, 3.63) is 76.9 Å². The van der Waals surface area contributed by atoms with E-state index in [1.165, 1.54) is 6.08 Å². The molecule has 2 aromatic rings. The largest absolute Gasteiger partial charge is 0.467 e. The van der Waals surface area contributed by atoms with E-state index < -0.39 is 47.0 Å². The zero-order valence-electron chi connectivity index (χ0n) is 16.1. The van der Waals surface area contributed by atoms with Gasteiger partial charge in [-0.15, -0.1) is 0 Å². The number of rotatable bonds is 6. The van der Waals surface area contributed by atoms with Gasteiger partial charge < -0.3 is 10.1 Å². The van der Waals surface area contributed by atoms with Crippen LogP contribution in [0, 0.1) is 0 Å². The second-order valence-corrected chi connectivity index (χ2v) is 6.39. The Morgan fingerprint density at radius 3 is 2.00 bits per heavy atom. The van der Waals surface area contributed by atoms with Gasteiger partial charge >= 0.3 is 18.3 Å². The van der Waals surface area contributed by atoms with Crippen molar-refractivity contribution in [1.82, 2.24) is 5.32 Å². The van der Waals surface area contributed by atoms with Crippen molar-refractivity contribution < 1.29 is 40.7 Å². The Labute approximate surface area is 173 Å². The minimum Gasteiger partial charge on any atom is -0.467 e. The molecule has 0 saturated carbocycles. The second-order valence-electron chi connectivity index (χ2n) is 6.39. The normalized spacial score (nSPS) is 13.1. The van der Waals surface area contributed by atoms with Gasteiger partial charge in [-0.05, 0) is 30.2 Å². The molecule has 0 unspecified atom stereocenters. The van der Waals surface area contributed by atoms with E-state index in [0.29, 0.717) is 12.1 Å². The molecule has 0 spiro atoms. The van der Waals surface area contributed by atoms with Crippen LogP contribution in [0.5, 0.6) is 0 Å². The molecular formula is C21H17F6NO3. The van der Waals surface area contributed by atoms with E-state index in [1.54, 1.807) is 36.4 Å². The van der Waals surface area contributed by atoms with E-state index in [9.17, 15) is 35.9 Å². The molecule has 0 saturated heterocycles. The van der Waals surface area contributed by atoms with Crippen LogP contribution in [0.15, 0.2) is 54.6 Å². The Bertz CT molecular complexity index is 920. The topological polar surface area (TPSA) is 55.4 Å². The first kappa shape index (κ1) is 24.0. The maximum absolute atomic E-state index is 13.0. The quantitative estimate of drug-likeness (QED) is 0.497. The van der Waals surface area contributed by atoms with Gasteiger partial charge in [-0.3, -0.25) is 4.79 Å². The number of carbonyl (C=O) groups is 2. The van der Waals surface area contributed by atoms with Gasteiger partial charge in [-0.1, -0.05) is 42.5 Å². The molecule has 166 valence electrons. The molecule has 1 amide bonds. The van der Waals surface area contributed by atoms with Crippen molar-refractivity contribution in [2.24, 2.45) is 0 Å². The maximum Gasteiger partial charge on any atom is 0.416 e. The van der Waals surface area contributed by atoms with Crippen LogP contribution < -0.4 is 5.32 Å². The highest BCUT2D eigenvalue weighted by atomic mass is 19.4. The van der Waals surface area contributed by atoms with Gasteiger partial charge in [0.1, 0.15) is 6.04 Å². The van der Waals surface area contributed by atoms with E-state index in [-0.39, 0.29) is 12.5 Å². The lowest BCUT2D eigenvalue weighted by Crippen LogP contribution is -2.41. The van der Waals surface area contributed by atoms with Crippen molar-refractivity contribution in [2.75, 3.05) is 7.11 Å². The molecular weight excluding hydrogens is 428 g/mol. The number of esters is 1. The summed E-state index contributed by atoms with van der Waals surface area (Å²) in [6, 6.07) is 8.04. The highest BCUT2D eigenvalue weighted by molar-refractivity contribution is 5.97. The van der Waals surface area contributed by atoms with Crippen LogP contribution in [-0.4, -0.2) is 25.0 Å². The summed E-state index contributed by atoms with van der Waals surface area (Å²) in [4.78, 5) is 24.3. The van der Waals surface area contributed by atoms with Crippen LogP contribution in [0.3, 0.4) is 0 Å². The fraction of sp³-hybridized carbons (Fsp3) is 0.238. The SMILES string of the molecule is COC(=O)[C@@H](C/C=C/c1ccccc1)NC(=O)c1cc(C(F)(F)F)cc(C(F)(F)F)c1. The first-order valence-corrected chi connectivity index (χ1v) is 8.81. The predicted molar refractivity (Wildman–Crippen MR) is 99.8 cm³/mol. The molecule has 0 aromatic heterocycles. The third-order valence-corrected chi connectivity index (χ3v) is 4.12. The molecule has 0 aliphatic carbocycles. The summed E-state index contributed by atoms with van der Waals surface area (Å²) in [5.41, 5.74) is -3.37. The second kappa shape index (κ2) is 9.67. The van der Waals surface area contributed by atoms with E-state index in [4.69, 9.17) is 0 Å². The number of hydrogen-bond acceptors (Lipinski definition) is 3. The first-order chi connectivity index (χ1) is 14.4.